The van der Waals surface area contributed by atoms with E-state index < -0.39 is 17.6 Å². The summed E-state index contributed by atoms with van der Waals surface area (Å²) in [6.07, 6.45) is -1.25. The average Bonchev–Trinajstić information content (AvgIpc) is 2.61. The van der Waals surface area contributed by atoms with Crippen LogP contribution < -0.4 is 9.88 Å². The number of pyridine rings is 1. The maximum Gasteiger partial charge on any atom is 0.416 e. The molecule has 0 aliphatic carbocycles. The highest BCUT2D eigenvalue weighted by Crippen LogP contribution is 2.33. The van der Waals surface area contributed by atoms with Gasteiger partial charge in [-0.25, -0.2) is 4.98 Å². The standard InChI is InChI=1S/C17H14Cl2F3N3O/c18-13-9-23-10-14(19)15(13)24-4-6-25(7-5-24)16(26)11-2-1-3-12(8-11)17(20,21)22/h1-3,8-10H,4-7H2/p+1. The van der Waals surface area contributed by atoms with Gasteiger partial charge in [-0.05, 0) is 18.2 Å². The number of benzene rings is 1. The van der Waals surface area contributed by atoms with Gasteiger partial charge in [-0.2, -0.15) is 13.2 Å². The smallest absolute Gasteiger partial charge is 0.365 e. The number of amides is 1. The molecule has 26 heavy (non-hydrogen) atoms. The van der Waals surface area contributed by atoms with E-state index in [1.807, 2.05) is 4.90 Å². The molecule has 1 saturated heterocycles. The van der Waals surface area contributed by atoms with Crippen molar-refractivity contribution >= 4 is 34.8 Å². The maximum absolute atomic E-state index is 12.8. The van der Waals surface area contributed by atoms with Gasteiger partial charge in [0.2, 0.25) is 0 Å². The van der Waals surface area contributed by atoms with Crippen molar-refractivity contribution in [3.8, 4) is 0 Å². The van der Waals surface area contributed by atoms with Crippen molar-refractivity contribution in [2.45, 2.75) is 6.18 Å². The third kappa shape index (κ3) is 3.88. The first-order chi connectivity index (χ1) is 12.3. The maximum atomic E-state index is 12.8. The fourth-order valence-electron chi connectivity index (χ4n) is 2.89. The quantitative estimate of drug-likeness (QED) is 0.763. The predicted octanol–water partition coefficient (Wildman–Crippen LogP) is 3.79. The minimum Gasteiger partial charge on any atom is -0.365 e. The van der Waals surface area contributed by atoms with Crippen molar-refractivity contribution in [1.29, 1.82) is 0 Å². The lowest BCUT2D eigenvalue weighted by molar-refractivity contribution is -0.377. The van der Waals surface area contributed by atoms with Crippen LogP contribution in [0.2, 0.25) is 10.0 Å². The topological polar surface area (TPSA) is 37.7 Å². The van der Waals surface area contributed by atoms with Gasteiger partial charge in [0.15, 0.2) is 12.4 Å². The molecule has 0 saturated carbocycles. The van der Waals surface area contributed by atoms with Gasteiger partial charge in [-0.1, -0.05) is 29.3 Å². The molecule has 0 spiro atoms. The van der Waals surface area contributed by atoms with E-state index in [1.165, 1.54) is 17.0 Å². The predicted molar refractivity (Wildman–Crippen MR) is 92.6 cm³/mol. The highest BCUT2D eigenvalue weighted by molar-refractivity contribution is 6.38. The van der Waals surface area contributed by atoms with Crippen LogP contribution in [0.4, 0.5) is 18.9 Å². The van der Waals surface area contributed by atoms with E-state index in [2.05, 4.69) is 4.98 Å². The summed E-state index contributed by atoms with van der Waals surface area (Å²) in [5, 5.41) is 0.935. The van der Waals surface area contributed by atoms with Crippen molar-refractivity contribution < 1.29 is 22.9 Å². The minimum atomic E-state index is -4.48. The lowest BCUT2D eigenvalue weighted by atomic mass is 10.1. The number of aromatic nitrogens is 1. The summed E-state index contributed by atoms with van der Waals surface area (Å²) in [6, 6.07) is 4.47. The van der Waals surface area contributed by atoms with E-state index in [4.69, 9.17) is 23.2 Å². The van der Waals surface area contributed by atoms with Crippen molar-refractivity contribution in [2.75, 3.05) is 31.1 Å². The van der Waals surface area contributed by atoms with Crippen molar-refractivity contribution in [3.63, 3.8) is 0 Å². The molecule has 1 aliphatic heterocycles. The Kier molecular flexibility index (Phi) is 5.29. The molecule has 4 nitrogen and oxygen atoms in total. The summed E-state index contributed by atoms with van der Waals surface area (Å²) in [5.74, 6) is -0.422. The molecule has 1 aliphatic rings. The van der Waals surface area contributed by atoms with Crippen molar-refractivity contribution in [1.82, 2.24) is 4.90 Å². The van der Waals surface area contributed by atoms with Crippen LogP contribution in [0.1, 0.15) is 15.9 Å². The molecule has 2 heterocycles. The van der Waals surface area contributed by atoms with Crippen LogP contribution in [0, 0.1) is 0 Å². The van der Waals surface area contributed by atoms with Gasteiger partial charge >= 0.3 is 6.18 Å². The number of piperazine rings is 1. The number of H-pyrrole nitrogens is 1. The van der Waals surface area contributed by atoms with E-state index in [9.17, 15) is 18.0 Å². The van der Waals surface area contributed by atoms with E-state index in [-0.39, 0.29) is 5.56 Å². The van der Waals surface area contributed by atoms with E-state index >= 15 is 0 Å². The fraction of sp³-hybridized carbons (Fsp3) is 0.294. The largest absolute Gasteiger partial charge is 0.416 e. The molecule has 0 bridgehead atoms. The summed E-state index contributed by atoms with van der Waals surface area (Å²) in [5.41, 5.74) is -0.127. The number of nitrogens with one attached hydrogen (secondary N) is 1. The second-order valence-corrected chi connectivity index (χ2v) is 6.67. The Hall–Kier alpha value is -1.99. The zero-order valence-electron chi connectivity index (χ0n) is 13.5. The zero-order chi connectivity index (χ0) is 18.9. The molecule has 138 valence electrons. The molecule has 1 amide bonds. The van der Waals surface area contributed by atoms with Gasteiger partial charge in [0.25, 0.3) is 5.91 Å². The van der Waals surface area contributed by atoms with E-state index in [1.54, 1.807) is 12.4 Å². The first-order valence-electron chi connectivity index (χ1n) is 7.84. The van der Waals surface area contributed by atoms with Crippen LogP contribution in [-0.2, 0) is 6.18 Å². The van der Waals surface area contributed by atoms with Gasteiger partial charge in [0, 0.05) is 31.7 Å². The monoisotopic (exact) mass is 404 g/mol. The van der Waals surface area contributed by atoms with E-state index in [0.717, 1.165) is 12.1 Å². The van der Waals surface area contributed by atoms with Gasteiger partial charge < -0.3 is 9.80 Å². The minimum absolute atomic E-state index is 0.0265. The van der Waals surface area contributed by atoms with Gasteiger partial charge in [-0.3, -0.25) is 4.79 Å². The Morgan fingerprint density at radius 2 is 1.65 bits per heavy atom. The van der Waals surface area contributed by atoms with Crippen LogP contribution in [0.5, 0.6) is 0 Å². The SMILES string of the molecule is O=C(c1cccc(C(F)(F)F)c1)N1CCN(c2c(Cl)c[nH+]cc2Cl)CC1. The first kappa shape index (κ1) is 18.8. The lowest BCUT2D eigenvalue weighted by Crippen LogP contribution is -2.49. The number of alkyl halides is 3. The highest BCUT2D eigenvalue weighted by Gasteiger charge is 2.32. The summed E-state index contributed by atoms with van der Waals surface area (Å²) in [4.78, 5) is 18.8. The number of hydrogen-bond donors (Lipinski definition) is 0. The van der Waals surface area contributed by atoms with Crippen LogP contribution in [-0.4, -0.2) is 37.0 Å². The summed E-state index contributed by atoms with van der Waals surface area (Å²) in [7, 11) is 0. The summed E-state index contributed by atoms with van der Waals surface area (Å²) >= 11 is 12.3. The van der Waals surface area contributed by atoms with Crippen molar-refractivity contribution in [2.24, 2.45) is 0 Å². The number of hydrogen-bond acceptors (Lipinski definition) is 2. The number of rotatable bonds is 2. The second kappa shape index (κ2) is 7.32. The first-order valence-corrected chi connectivity index (χ1v) is 8.59. The Bertz CT molecular complexity index is 801. The van der Waals surface area contributed by atoms with Gasteiger partial charge in [-0.15, -0.1) is 0 Å². The lowest BCUT2D eigenvalue weighted by Gasteiger charge is -2.36. The molecule has 1 fully saturated rings. The molecule has 0 atom stereocenters. The zero-order valence-corrected chi connectivity index (χ0v) is 15.0. The van der Waals surface area contributed by atoms with Crippen LogP contribution in [0.25, 0.3) is 0 Å². The van der Waals surface area contributed by atoms with Crippen LogP contribution in [0.15, 0.2) is 36.7 Å². The molecule has 1 N–H and O–H groups in total. The van der Waals surface area contributed by atoms with Crippen LogP contribution >= 0.6 is 23.2 Å². The number of halogens is 5. The summed E-state index contributed by atoms with van der Waals surface area (Å²) < 4.78 is 38.5. The second-order valence-electron chi connectivity index (χ2n) is 5.86. The normalized spacial score (nSPS) is 15.3. The number of anilines is 1. The molecule has 9 heteroatoms. The molecular formula is C17H15Cl2F3N3O+. The number of carbonyl (C=O) groups excluding carboxylic acids is 1. The average molecular weight is 405 g/mol. The Balaban J connectivity index is 1.71. The molecule has 3 rings (SSSR count). The Morgan fingerprint density at radius 3 is 2.23 bits per heavy atom. The summed E-state index contributed by atoms with van der Waals surface area (Å²) in [6.45, 7) is 1.68. The number of carbonyl (C=O) groups is 1. The van der Waals surface area contributed by atoms with E-state index in [0.29, 0.717) is 41.9 Å². The molecule has 0 radical (unpaired) electrons. The van der Waals surface area contributed by atoms with Gasteiger partial charge in [0.05, 0.1) is 11.3 Å². The molecule has 0 unspecified atom stereocenters. The molecule has 1 aromatic heterocycles. The van der Waals surface area contributed by atoms with Crippen molar-refractivity contribution in [3.05, 3.63) is 57.8 Å². The Morgan fingerprint density at radius 1 is 1.04 bits per heavy atom. The Labute approximate surface area is 158 Å². The third-order valence-electron chi connectivity index (χ3n) is 4.19. The molecule has 2 aromatic rings. The molecule has 1 aromatic carbocycles. The third-order valence-corrected chi connectivity index (χ3v) is 4.77. The van der Waals surface area contributed by atoms with Crippen LogP contribution in [0.3, 0.4) is 0 Å². The highest BCUT2D eigenvalue weighted by atomic mass is 35.5. The molecular weight excluding hydrogens is 390 g/mol. The fourth-order valence-corrected chi connectivity index (χ4v) is 3.50. The van der Waals surface area contributed by atoms with Gasteiger partial charge in [0.1, 0.15) is 10.0 Å². The number of nitrogens with zero attached hydrogens (tertiary/aromatic N) is 2. The number of aromatic amines is 1.